The van der Waals surface area contributed by atoms with Crippen molar-refractivity contribution in [3.8, 4) is 0 Å². The summed E-state index contributed by atoms with van der Waals surface area (Å²) in [6.07, 6.45) is 3.36. The molecule has 0 unspecified atom stereocenters. The predicted molar refractivity (Wildman–Crippen MR) is 64.6 cm³/mol. The van der Waals surface area contributed by atoms with Gasteiger partial charge in [-0.3, -0.25) is 0 Å². The van der Waals surface area contributed by atoms with E-state index in [-0.39, 0.29) is 5.13 Å². The Hall–Kier alpha value is -1.11. The third-order valence-corrected chi connectivity index (χ3v) is 3.70. The Morgan fingerprint density at radius 2 is 2.11 bits per heavy atom. The molecule has 1 aromatic heterocycles. The highest BCUT2D eigenvalue weighted by Gasteiger charge is 2.35. The summed E-state index contributed by atoms with van der Waals surface area (Å²) in [6.45, 7) is 0.609. The number of hydrogen-bond donors (Lipinski definition) is 1. The number of alkyl halides is 3. The van der Waals surface area contributed by atoms with Crippen LogP contribution in [0.25, 0.3) is 0 Å². The molecule has 0 fully saturated rings. The van der Waals surface area contributed by atoms with Gasteiger partial charge in [0.15, 0.2) is 0 Å². The van der Waals surface area contributed by atoms with Crippen molar-refractivity contribution in [3.63, 3.8) is 0 Å². The molecule has 1 aliphatic rings. The van der Waals surface area contributed by atoms with Gasteiger partial charge < -0.3 is 5.32 Å². The molecule has 0 spiro atoms. The van der Waals surface area contributed by atoms with Crippen molar-refractivity contribution in [2.75, 3.05) is 11.9 Å². The Balaban J connectivity index is 1.80. The molecule has 0 saturated heterocycles. The molecule has 1 heterocycles. The summed E-state index contributed by atoms with van der Waals surface area (Å²) in [7, 11) is 0. The Morgan fingerprint density at radius 3 is 2.72 bits per heavy atom. The van der Waals surface area contributed by atoms with Crippen LogP contribution < -0.4 is 5.32 Å². The van der Waals surface area contributed by atoms with Crippen molar-refractivity contribution in [3.05, 3.63) is 16.7 Å². The van der Waals surface area contributed by atoms with Gasteiger partial charge in [-0.15, -0.1) is 10.2 Å². The van der Waals surface area contributed by atoms with E-state index in [1.807, 2.05) is 0 Å². The van der Waals surface area contributed by atoms with E-state index in [1.54, 1.807) is 0 Å². The summed E-state index contributed by atoms with van der Waals surface area (Å²) in [5.41, 5.74) is 1.38. The first-order chi connectivity index (χ1) is 8.55. The molecule has 0 aromatic carbocycles. The molecule has 3 nitrogen and oxygen atoms in total. The second kappa shape index (κ2) is 5.69. The average molecular weight is 277 g/mol. The Bertz CT molecular complexity index is 425. The summed E-state index contributed by atoms with van der Waals surface area (Å²) in [6, 6.07) is 0. The molecule has 1 aliphatic carbocycles. The minimum atomic E-state index is -4.40. The minimum Gasteiger partial charge on any atom is -0.360 e. The largest absolute Gasteiger partial charge is 0.445 e. The van der Waals surface area contributed by atoms with Crippen LogP contribution in [-0.4, -0.2) is 16.7 Å². The molecule has 0 radical (unpaired) electrons. The molecule has 0 aliphatic heterocycles. The second-order valence-electron chi connectivity index (χ2n) is 4.20. The van der Waals surface area contributed by atoms with Gasteiger partial charge in [0.2, 0.25) is 10.1 Å². The quantitative estimate of drug-likeness (QED) is 0.849. The van der Waals surface area contributed by atoms with Gasteiger partial charge in [-0.05, 0) is 32.1 Å². The van der Waals surface area contributed by atoms with Crippen LogP contribution in [0.1, 0.15) is 37.1 Å². The van der Waals surface area contributed by atoms with E-state index in [4.69, 9.17) is 0 Å². The molecule has 0 saturated carbocycles. The van der Waals surface area contributed by atoms with E-state index in [0.29, 0.717) is 17.9 Å². The SMILES string of the molecule is FC(F)(F)c1nnc(NCCC2=CCCCC2)s1. The fourth-order valence-corrected chi connectivity index (χ4v) is 2.51. The molecule has 1 N–H and O–H groups in total. The number of allylic oxidation sites excluding steroid dienone is 1. The summed E-state index contributed by atoms with van der Waals surface area (Å²) in [5, 5.41) is 8.82. The van der Waals surface area contributed by atoms with Gasteiger partial charge in [-0.25, -0.2) is 0 Å². The molecule has 7 heteroatoms. The highest BCUT2D eigenvalue weighted by atomic mass is 32.1. The van der Waals surface area contributed by atoms with Gasteiger partial charge >= 0.3 is 6.18 Å². The minimum absolute atomic E-state index is 0.235. The normalized spacial score (nSPS) is 16.5. The second-order valence-corrected chi connectivity index (χ2v) is 5.17. The van der Waals surface area contributed by atoms with Crippen molar-refractivity contribution in [2.45, 2.75) is 38.3 Å². The first-order valence-corrected chi connectivity index (χ1v) is 6.70. The number of hydrogen-bond acceptors (Lipinski definition) is 4. The Kier molecular flexibility index (Phi) is 4.21. The van der Waals surface area contributed by atoms with Crippen LogP contribution in [0, 0.1) is 0 Å². The molecular formula is C11H14F3N3S. The van der Waals surface area contributed by atoms with Gasteiger partial charge in [0, 0.05) is 6.54 Å². The molecule has 100 valence electrons. The molecule has 0 amide bonds. The fraction of sp³-hybridized carbons (Fsp3) is 0.636. The molecule has 18 heavy (non-hydrogen) atoms. The van der Waals surface area contributed by atoms with Crippen molar-refractivity contribution in [1.29, 1.82) is 0 Å². The number of rotatable bonds is 4. The van der Waals surface area contributed by atoms with Crippen molar-refractivity contribution < 1.29 is 13.2 Å². The lowest BCUT2D eigenvalue weighted by Gasteiger charge is -2.12. The maximum atomic E-state index is 12.3. The van der Waals surface area contributed by atoms with Crippen LogP contribution in [-0.2, 0) is 6.18 Å². The van der Waals surface area contributed by atoms with Gasteiger partial charge in [-0.2, -0.15) is 13.2 Å². The number of anilines is 1. The third-order valence-electron chi connectivity index (χ3n) is 2.77. The maximum absolute atomic E-state index is 12.3. The number of halogens is 3. The number of nitrogens with zero attached hydrogens (tertiary/aromatic N) is 2. The molecule has 2 rings (SSSR count). The van der Waals surface area contributed by atoms with Gasteiger partial charge in [0.05, 0.1) is 0 Å². The van der Waals surface area contributed by atoms with Crippen LogP contribution in [0.2, 0.25) is 0 Å². The van der Waals surface area contributed by atoms with Crippen molar-refractivity contribution in [2.24, 2.45) is 0 Å². The van der Waals surface area contributed by atoms with E-state index >= 15 is 0 Å². The molecular weight excluding hydrogens is 263 g/mol. The average Bonchev–Trinajstić information content (AvgIpc) is 2.79. The fourth-order valence-electron chi connectivity index (χ4n) is 1.87. The third kappa shape index (κ3) is 3.69. The van der Waals surface area contributed by atoms with Crippen LogP contribution in [0.15, 0.2) is 11.6 Å². The van der Waals surface area contributed by atoms with E-state index in [2.05, 4.69) is 21.6 Å². The zero-order valence-corrected chi connectivity index (χ0v) is 10.6. The summed E-state index contributed by atoms with van der Waals surface area (Å²) >= 11 is 0.549. The Morgan fingerprint density at radius 1 is 1.28 bits per heavy atom. The van der Waals surface area contributed by atoms with Gasteiger partial charge in [0.1, 0.15) is 0 Å². The Labute approximate surface area is 107 Å². The lowest BCUT2D eigenvalue weighted by Crippen LogP contribution is -2.04. The topological polar surface area (TPSA) is 37.8 Å². The first-order valence-electron chi connectivity index (χ1n) is 5.88. The summed E-state index contributed by atoms with van der Waals surface area (Å²) in [5.74, 6) is 0. The van der Waals surface area contributed by atoms with Gasteiger partial charge in [0.25, 0.3) is 0 Å². The highest BCUT2D eigenvalue weighted by molar-refractivity contribution is 7.15. The molecule has 1 aromatic rings. The lowest BCUT2D eigenvalue weighted by atomic mass is 9.97. The van der Waals surface area contributed by atoms with E-state index in [1.165, 1.54) is 18.4 Å². The predicted octanol–water partition coefficient (Wildman–Crippen LogP) is 3.86. The van der Waals surface area contributed by atoms with E-state index < -0.39 is 11.2 Å². The van der Waals surface area contributed by atoms with E-state index in [0.717, 1.165) is 19.3 Å². The standard InChI is InChI=1S/C11H14F3N3S/c12-11(13,14)9-16-17-10(18-9)15-7-6-8-4-2-1-3-5-8/h4H,1-3,5-7H2,(H,15,17). The number of aromatic nitrogens is 2. The zero-order chi connectivity index (χ0) is 13.0. The van der Waals surface area contributed by atoms with Crippen LogP contribution in [0.3, 0.4) is 0 Å². The molecule has 0 atom stereocenters. The zero-order valence-electron chi connectivity index (χ0n) is 9.76. The first kappa shape index (κ1) is 13.3. The summed E-state index contributed by atoms with van der Waals surface area (Å²) < 4.78 is 36.9. The van der Waals surface area contributed by atoms with Crippen molar-refractivity contribution in [1.82, 2.24) is 10.2 Å². The lowest BCUT2D eigenvalue weighted by molar-refractivity contribution is -0.138. The maximum Gasteiger partial charge on any atom is 0.445 e. The van der Waals surface area contributed by atoms with Crippen LogP contribution in [0.4, 0.5) is 18.3 Å². The van der Waals surface area contributed by atoms with Gasteiger partial charge in [-0.1, -0.05) is 23.0 Å². The summed E-state index contributed by atoms with van der Waals surface area (Å²) in [4.78, 5) is 0. The molecule has 0 bridgehead atoms. The highest BCUT2D eigenvalue weighted by Crippen LogP contribution is 2.33. The van der Waals surface area contributed by atoms with Crippen molar-refractivity contribution >= 4 is 16.5 Å². The van der Waals surface area contributed by atoms with Crippen LogP contribution in [0.5, 0.6) is 0 Å². The van der Waals surface area contributed by atoms with Crippen LogP contribution >= 0.6 is 11.3 Å². The van der Waals surface area contributed by atoms with E-state index in [9.17, 15) is 13.2 Å². The smallest absolute Gasteiger partial charge is 0.360 e. The number of nitrogens with one attached hydrogen (secondary N) is 1. The monoisotopic (exact) mass is 277 g/mol.